The third-order valence-electron chi connectivity index (χ3n) is 3.02. The Bertz CT molecular complexity index is 525. The van der Waals surface area contributed by atoms with Crippen LogP contribution in [0.2, 0.25) is 5.02 Å². The normalized spacial score (nSPS) is 12.2. The van der Waals surface area contributed by atoms with Gasteiger partial charge in [0.05, 0.1) is 6.04 Å². The van der Waals surface area contributed by atoms with Gasteiger partial charge in [0, 0.05) is 5.02 Å². The number of ether oxygens (including phenoxy) is 1. The number of halogens is 1. The van der Waals surface area contributed by atoms with Gasteiger partial charge in [-0.2, -0.15) is 0 Å². The van der Waals surface area contributed by atoms with Crippen molar-refractivity contribution in [2.45, 2.75) is 13.0 Å². The van der Waals surface area contributed by atoms with Crippen LogP contribution < -0.4 is 10.1 Å². The van der Waals surface area contributed by atoms with Gasteiger partial charge < -0.3 is 10.1 Å². The van der Waals surface area contributed by atoms with Crippen LogP contribution >= 0.6 is 11.6 Å². The monoisotopic (exact) mass is 275 g/mol. The second-order valence-electron chi connectivity index (χ2n) is 4.52. The van der Waals surface area contributed by atoms with Crippen LogP contribution in [0.3, 0.4) is 0 Å². The van der Waals surface area contributed by atoms with E-state index >= 15 is 0 Å². The molecule has 1 atom stereocenters. The Morgan fingerprint density at radius 2 is 1.89 bits per heavy atom. The van der Waals surface area contributed by atoms with Gasteiger partial charge in [-0.15, -0.1) is 0 Å². The standard InChI is InChI=1S/C16H18ClNO/c1-12-4-3-5-13(10-12)16(18-2)11-19-15-8-6-14(17)7-9-15/h3-10,16,18H,11H2,1-2H3. The smallest absolute Gasteiger partial charge is 0.119 e. The van der Waals surface area contributed by atoms with Gasteiger partial charge in [-0.1, -0.05) is 41.4 Å². The minimum Gasteiger partial charge on any atom is -0.492 e. The molecule has 2 rings (SSSR count). The van der Waals surface area contributed by atoms with Crippen molar-refractivity contribution in [3.8, 4) is 5.75 Å². The van der Waals surface area contributed by atoms with E-state index < -0.39 is 0 Å². The molecule has 2 aromatic carbocycles. The Morgan fingerprint density at radius 3 is 2.53 bits per heavy atom. The van der Waals surface area contributed by atoms with Gasteiger partial charge in [-0.25, -0.2) is 0 Å². The maximum Gasteiger partial charge on any atom is 0.119 e. The van der Waals surface area contributed by atoms with E-state index in [-0.39, 0.29) is 6.04 Å². The maximum atomic E-state index is 5.85. The highest BCUT2D eigenvalue weighted by atomic mass is 35.5. The summed E-state index contributed by atoms with van der Waals surface area (Å²) in [6, 6.07) is 16.0. The Kier molecular flexibility index (Phi) is 4.83. The second-order valence-corrected chi connectivity index (χ2v) is 4.96. The molecule has 0 radical (unpaired) electrons. The molecule has 100 valence electrons. The summed E-state index contributed by atoms with van der Waals surface area (Å²) in [6.07, 6.45) is 0. The first-order valence-corrected chi connectivity index (χ1v) is 6.69. The first-order valence-electron chi connectivity index (χ1n) is 6.31. The molecule has 0 bridgehead atoms. The molecule has 0 aliphatic carbocycles. The number of hydrogen-bond donors (Lipinski definition) is 1. The molecule has 3 heteroatoms. The second kappa shape index (κ2) is 6.60. The highest BCUT2D eigenvalue weighted by Gasteiger charge is 2.10. The summed E-state index contributed by atoms with van der Waals surface area (Å²) < 4.78 is 5.79. The fourth-order valence-corrected chi connectivity index (χ4v) is 2.07. The molecule has 0 heterocycles. The summed E-state index contributed by atoms with van der Waals surface area (Å²) in [6.45, 7) is 2.68. The molecule has 19 heavy (non-hydrogen) atoms. The average Bonchev–Trinajstić information content (AvgIpc) is 2.42. The Labute approximate surface area is 119 Å². The van der Waals surface area contributed by atoms with E-state index in [1.54, 1.807) is 0 Å². The topological polar surface area (TPSA) is 21.3 Å². The molecule has 0 saturated heterocycles. The largest absolute Gasteiger partial charge is 0.492 e. The summed E-state index contributed by atoms with van der Waals surface area (Å²) >= 11 is 5.85. The number of hydrogen-bond acceptors (Lipinski definition) is 2. The molecule has 1 unspecified atom stereocenters. The minimum absolute atomic E-state index is 0.176. The predicted molar refractivity (Wildman–Crippen MR) is 79.9 cm³/mol. The Hall–Kier alpha value is -1.51. The summed E-state index contributed by atoms with van der Waals surface area (Å²) in [5, 5.41) is 3.99. The molecule has 0 aliphatic rings. The van der Waals surface area contributed by atoms with Gasteiger partial charge in [0.1, 0.15) is 12.4 Å². The Balaban J connectivity index is 2.01. The lowest BCUT2D eigenvalue weighted by molar-refractivity contribution is 0.273. The van der Waals surface area contributed by atoms with Crippen LogP contribution in [0.4, 0.5) is 0 Å². The zero-order chi connectivity index (χ0) is 13.7. The third kappa shape index (κ3) is 3.98. The zero-order valence-electron chi connectivity index (χ0n) is 11.2. The van der Waals surface area contributed by atoms with E-state index in [1.807, 2.05) is 31.3 Å². The summed E-state index contributed by atoms with van der Waals surface area (Å²) in [5.41, 5.74) is 2.49. The van der Waals surface area contributed by atoms with E-state index in [2.05, 4.69) is 36.5 Å². The first-order chi connectivity index (χ1) is 9.19. The lowest BCUT2D eigenvalue weighted by Gasteiger charge is -2.18. The first kappa shape index (κ1) is 13.9. The molecule has 2 aromatic rings. The van der Waals surface area contributed by atoms with Gasteiger partial charge in [-0.05, 0) is 43.8 Å². The predicted octanol–water partition coefficient (Wildman–Crippen LogP) is 3.99. The van der Waals surface area contributed by atoms with Crippen molar-refractivity contribution in [3.05, 3.63) is 64.7 Å². The quantitative estimate of drug-likeness (QED) is 0.891. The number of aryl methyl sites for hydroxylation is 1. The van der Waals surface area contributed by atoms with Crippen molar-refractivity contribution in [1.82, 2.24) is 5.32 Å². The van der Waals surface area contributed by atoms with Gasteiger partial charge in [0.15, 0.2) is 0 Å². The fourth-order valence-electron chi connectivity index (χ4n) is 1.94. The van der Waals surface area contributed by atoms with Crippen LogP contribution in [0.1, 0.15) is 17.2 Å². The molecular weight excluding hydrogens is 258 g/mol. The van der Waals surface area contributed by atoms with Gasteiger partial charge in [0.2, 0.25) is 0 Å². The minimum atomic E-state index is 0.176. The number of likely N-dealkylation sites (N-methyl/N-ethyl adjacent to an activating group) is 1. The molecule has 0 amide bonds. The summed E-state index contributed by atoms with van der Waals surface area (Å²) in [7, 11) is 1.94. The van der Waals surface area contributed by atoms with Crippen LogP contribution in [-0.4, -0.2) is 13.7 Å². The van der Waals surface area contributed by atoms with E-state index in [0.29, 0.717) is 6.61 Å². The fraction of sp³-hybridized carbons (Fsp3) is 0.250. The van der Waals surface area contributed by atoms with Crippen LogP contribution in [-0.2, 0) is 0 Å². The molecule has 0 saturated carbocycles. The molecule has 0 fully saturated rings. The Morgan fingerprint density at radius 1 is 1.16 bits per heavy atom. The van der Waals surface area contributed by atoms with E-state index in [9.17, 15) is 0 Å². The number of benzene rings is 2. The third-order valence-corrected chi connectivity index (χ3v) is 3.28. The van der Waals surface area contributed by atoms with Crippen molar-refractivity contribution < 1.29 is 4.74 Å². The molecule has 0 aromatic heterocycles. The van der Waals surface area contributed by atoms with E-state index in [1.165, 1.54) is 11.1 Å². The summed E-state index contributed by atoms with van der Waals surface area (Å²) in [4.78, 5) is 0. The zero-order valence-corrected chi connectivity index (χ0v) is 11.9. The highest BCUT2D eigenvalue weighted by molar-refractivity contribution is 6.30. The van der Waals surface area contributed by atoms with Crippen molar-refractivity contribution >= 4 is 11.6 Å². The van der Waals surface area contributed by atoms with Crippen molar-refractivity contribution in [3.63, 3.8) is 0 Å². The lowest BCUT2D eigenvalue weighted by atomic mass is 10.1. The van der Waals surface area contributed by atoms with Crippen LogP contribution in [0.5, 0.6) is 5.75 Å². The molecule has 2 nitrogen and oxygen atoms in total. The van der Waals surface area contributed by atoms with Gasteiger partial charge >= 0.3 is 0 Å². The lowest BCUT2D eigenvalue weighted by Crippen LogP contribution is -2.23. The highest BCUT2D eigenvalue weighted by Crippen LogP contribution is 2.19. The van der Waals surface area contributed by atoms with E-state index in [4.69, 9.17) is 16.3 Å². The van der Waals surface area contributed by atoms with Crippen LogP contribution in [0, 0.1) is 6.92 Å². The SMILES string of the molecule is CNC(COc1ccc(Cl)cc1)c1cccc(C)c1. The summed E-state index contributed by atoms with van der Waals surface area (Å²) in [5.74, 6) is 0.831. The number of rotatable bonds is 5. The molecular formula is C16H18ClNO. The molecule has 1 N–H and O–H groups in total. The maximum absolute atomic E-state index is 5.85. The van der Waals surface area contributed by atoms with Crippen molar-refractivity contribution in [2.75, 3.05) is 13.7 Å². The van der Waals surface area contributed by atoms with E-state index in [0.717, 1.165) is 10.8 Å². The average molecular weight is 276 g/mol. The van der Waals surface area contributed by atoms with Gasteiger partial charge in [0.25, 0.3) is 0 Å². The molecule has 0 spiro atoms. The number of nitrogens with one attached hydrogen (secondary N) is 1. The van der Waals surface area contributed by atoms with Gasteiger partial charge in [-0.3, -0.25) is 0 Å². The molecule has 0 aliphatic heterocycles. The van der Waals surface area contributed by atoms with Crippen LogP contribution in [0.25, 0.3) is 0 Å². The van der Waals surface area contributed by atoms with Crippen molar-refractivity contribution in [2.24, 2.45) is 0 Å². The van der Waals surface area contributed by atoms with Crippen LogP contribution in [0.15, 0.2) is 48.5 Å². The van der Waals surface area contributed by atoms with Crippen molar-refractivity contribution in [1.29, 1.82) is 0 Å².